The number of hydrogen-bond acceptors (Lipinski definition) is 3. The Hall–Kier alpha value is -1.07. The molecule has 0 spiro atoms. The van der Waals surface area contributed by atoms with Gasteiger partial charge in [0.15, 0.2) is 0 Å². The lowest BCUT2D eigenvalue weighted by Gasteiger charge is -2.08. The number of nitrogens with zero attached hydrogens (tertiary/aromatic N) is 2. The molecule has 0 saturated heterocycles. The summed E-state index contributed by atoms with van der Waals surface area (Å²) in [6.45, 7) is 2.26. The number of aromatic nitrogens is 2. The number of hydrogen-bond donors (Lipinski definition) is 1. The van der Waals surface area contributed by atoms with Gasteiger partial charge < -0.3 is 10.1 Å². The second-order valence-electron chi connectivity index (χ2n) is 4.06. The van der Waals surface area contributed by atoms with Gasteiger partial charge >= 0.3 is 0 Å². The van der Waals surface area contributed by atoms with Gasteiger partial charge in [0.25, 0.3) is 0 Å². The molecule has 1 aromatic heterocycles. The van der Waals surface area contributed by atoms with E-state index in [1.807, 2.05) is 18.2 Å². The first-order valence-electron chi connectivity index (χ1n) is 5.89. The Morgan fingerprint density at radius 2 is 2.21 bits per heavy atom. The minimum absolute atomic E-state index is 0.585. The lowest BCUT2D eigenvalue weighted by Crippen LogP contribution is -2.18. The summed E-state index contributed by atoms with van der Waals surface area (Å²) in [4.78, 5) is 0. The molecular weight excluding hydrogens is 285 g/mol. The second-order valence-corrected chi connectivity index (χ2v) is 4.90. The molecule has 1 heterocycles. The Balaban J connectivity index is 2.05. The van der Waals surface area contributed by atoms with Crippen molar-refractivity contribution in [3.8, 4) is 5.69 Å². The van der Waals surface area contributed by atoms with Crippen molar-refractivity contribution in [3.63, 3.8) is 0 Å². The molecule has 0 bridgehead atoms. The fourth-order valence-electron chi connectivity index (χ4n) is 1.69. The van der Waals surface area contributed by atoms with Crippen LogP contribution in [0.3, 0.4) is 0 Å². The van der Waals surface area contributed by atoms with Crippen LogP contribution in [-0.2, 0) is 11.3 Å². The van der Waals surface area contributed by atoms with E-state index in [-0.39, 0.29) is 0 Å². The third kappa shape index (κ3) is 3.94. The van der Waals surface area contributed by atoms with Gasteiger partial charge in [-0.05, 0) is 17.7 Å². The molecule has 0 aliphatic carbocycles. The van der Waals surface area contributed by atoms with Gasteiger partial charge in [-0.3, -0.25) is 0 Å². The zero-order chi connectivity index (χ0) is 13.7. The first-order chi connectivity index (χ1) is 9.20. The molecule has 0 fully saturated rings. The maximum atomic E-state index is 6.26. The highest BCUT2D eigenvalue weighted by atomic mass is 35.5. The van der Waals surface area contributed by atoms with Gasteiger partial charge in [0.1, 0.15) is 0 Å². The van der Waals surface area contributed by atoms with Crippen LogP contribution in [0.1, 0.15) is 5.56 Å². The van der Waals surface area contributed by atoms with E-state index in [2.05, 4.69) is 10.4 Å². The minimum Gasteiger partial charge on any atom is -0.383 e. The predicted octanol–water partition coefficient (Wildman–Crippen LogP) is 2.92. The van der Waals surface area contributed by atoms with Crippen molar-refractivity contribution < 1.29 is 4.74 Å². The van der Waals surface area contributed by atoms with Gasteiger partial charge in [-0.15, -0.1) is 0 Å². The number of rotatable bonds is 6. The van der Waals surface area contributed by atoms with E-state index in [9.17, 15) is 0 Å². The van der Waals surface area contributed by atoms with Crippen LogP contribution in [-0.4, -0.2) is 30.0 Å². The number of benzene rings is 1. The van der Waals surface area contributed by atoms with E-state index in [0.29, 0.717) is 16.7 Å². The molecule has 6 heteroatoms. The summed E-state index contributed by atoms with van der Waals surface area (Å²) in [5.74, 6) is 0. The zero-order valence-electron chi connectivity index (χ0n) is 10.6. The highest BCUT2D eigenvalue weighted by molar-refractivity contribution is 6.32. The standard InChI is InChI=1S/C13H15Cl2N3O/c1-19-5-4-16-7-10-2-3-13(12(15)6-10)18-9-11(14)8-17-18/h2-3,6,8-9,16H,4-5,7H2,1H3. The van der Waals surface area contributed by atoms with E-state index in [1.165, 1.54) is 0 Å². The summed E-state index contributed by atoms with van der Waals surface area (Å²) in [7, 11) is 1.68. The van der Waals surface area contributed by atoms with Crippen LogP contribution in [0.15, 0.2) is 30.6 Å². The Labute approximate surface area is 122 Å². The molecule has 0 saturated carbocycles. The molecule has 0 atom stereocenters. The highest BCUT2D eigenvalue weighted by Gasteiger charge is 2.05. The van der Waals surface area contributed by atoms with Crippen LogP contribution >= 0.6 is 23.2 Å². The first-order valence-corrected chi connectivity index (χ1v) is 6.65. The lowest BCUT2D eigenvalue weighted by molar-refractivity contribution is 0.199. The number of ether oxygens (including phenoxy) is 1. The molecule has 4 nitrogen and oxygen atoms in total. The van der Waals surface area contributed by atoms with Gasteiger partial charge in [0.2, 0.25) is 0 Å². The van der Waals surface area contributed by atoms with Crippen molar-refractivity contribution in [2.24, 2.45) is 0 Å². The normalized spacial score (nSPS) is 10.9. The van der Waals surface area contributed by atoms with Gasteiger partial charge in [0, 0.05) is 26.4 Å². The molecule has 1 N–H and O–H groups in total. The smallest absolute Gasteiger partial charge is 0.0832 e. The number of nitrogens with one attached hydrogen (secondary N) is 1. The van der Waals surface area contributed by atoms with Crippen molar-refractivity contribution in [2.45, 2.75) is 6.54 Å². The van der Waals surface area contributed by atoms with Crippen LogP contribution in [0.4, 0.5) is 0 Å². The predicted molar refractivity (Wildman–Crippen MR) is 77.2 cm³/mol. The molecule has 102 valence electrons. The molecular formula is C13H15Cl2N3O. The quantitative estimate of drug-likeness (QED) is 0.834. The van der Waals surface area contributed by atoms with E-state index in [0.717, 1.165) is 24.3 Å². The summed E-state index contributed by atoms with van der Waals surface area (Å²) >= 11 is 12.1. The maximum absolute atomic E-state index is 6.26. The molecule has 19 heavy (non-hydrogen) atoms. The first kappa shape index (κ1) is 14.3. The molecule has 0 unspecified atom stereocenters. The summed E-state index contributed by atoms with van der Waals surface area (Å²) < 4.78 is 6.63. The van der Waals surface area contributed by atoms with Gasteiger partial charge in [-0.2, -0.15) is 5.10 Å². The fourth-order valence-corrected chi connectivity index (χ4v) is 2.11. The minimum atomic E-state index is 0.585. The molecule has 2 aromatic rings. The molecule has 0 amide bonds. The summed E-state index contributed by atoms with van der Waals surface area (Å²) in [6.07, 6.45) is 3.30. The third-order valence-electron chi connectivity index (χ3n) is 2.62. The monoisotopic (exact) mass is 299 g/mol. The average Bonchev–Trinajstić information content (AvgIpc) is 2.81. The highest BCUT2D eigenvalue weighted by Crippen LogP contribution is 2.22. The lowest BCUT2D eigenvalue weighted by atomic mass is 10.2. The fraction of sp³-hybridized carbons (Fsp3) is 0.308. The maximum Gasteiger partial charge on any atom is 0.0832 e. The van der Waals surface area contributed by atoms with Crippen molar-refractivity contribution in [2.75, 3.05) is 20.3 Å². The van der Waals surface area contributed by atoms with E-state index in [4.69, 9.17) is 27.9 Å². The summed E-state index contributed by atoms with van der Waals surface area (Å²) in [6, 6.07) is 5.86. The SMILES string of the molecule is COCCNCc1ccc(-n2cc(Cl)cn2)c(Cl)c1. The third-order valence-corrected chi connectivity index (χ3v) is 3.12. The van der Waals surface area contributed by atoms with Gasteiger partial charge in [-0.1, -0.05) is 29.3 Å². The van der Waals surface area contributed by atoms with Crippen LogP contribution < -0.4 is 5.32 Å². The Morgan fingerprint density at radius 3 is 2.84 bits per heavy atom. The molecule has 0 aliphatic rings. The second kappa shape index (κ2) is 6.91. The van der Waals surface area contributed by atoms with Crippen molar-refractivity contribution in [3.05, 3.63) is 46.2 Å². The largest absolute Gasteiger partial charge is 0.383 e. The van der Waals surface area contributed by atoms with Crippen molar-refractivity contribution >= 4 is 23.2 Å². The topological polar surface area (TPSA) is 39.1 Å². The van der Waals surface area contributed by atoms with Gasteiger partial charge in [0.05, 0.1) is 28.5 Å². The Morgan fingerprint density at radius 1 is 1.37 bits per heavy atom. The molecule has 1 aromatic carbocycles. The van der Waals surface area contributed by atoms with Crippen LogP contribution in [0.5, 0.6) is 0 Å². The Bertz CT molecular complexity index is 542. The average molecular weight is 300 g/mol. The number of methoxy groups -OCH3 is 1. The molecule has 2 rings (SSSR count). The van der Waals surface area contributed by atoms with Crippen LogP contribution in [0.25, 0.3) is 5.69 Å². The van der Waals surface area contributed by atoms with E-state index < -0.39 is 0 Å². The summed E-state index contributed by atoms with van der Waals surface area (Å²) in [5.41, 5.74) is 1.93. The van der Waals surface area contributed by atoms with Crippen LogP contribution in [0.2, 0.25) is 10.0 Å². The Kier molecular flexibility index (Phi) is 5.22. The van der Waals surface area contributed by atoms with E-state index >= 15 is 0 Å². The molecule has 0 radical (unpaired) electrons. The van der Waals surface area contributed by atoms with Gasteiger partial charge in [-0.25, -0.2) is 4.68 Å². The number of halogens is 2. The van der Waals surface area contributed by atoms with Crippen molar-refractivity contribution in [1.29, 1.82) is 0 Å². The van der Waals surface area contributed by atoms with Crippen molar-refractivity contribution in [1.82, 2.24) is 15.1 Å². The summed E-state index contributed by atoms with van der Waals surface area (Å²) in [5, 5.41) is 8.63. The zero-order valence-corrected chi connectivity index (χ0v) is 12.1. The van der Waals surface area contributed by atoms with Crippen LogP contribution in [0, 0.1) is 0 Å². The van der Waals surface area contributed by atoms with E-state index in [1.54, 1.807) is 24.2 Å². The molecule has 0 aliphatic heterocycles.